The summed E-state index contributed by atoms with van der Waals surface area (Å²) in [5, 5.41) is 6.24. The Morgan fingerprint density at radius 3 is 2.19 bits per heavy atom. The van der Waals surface area contributed by atoms with E-state index in [0.717, 1.165) is 0 Å². The highest BCUT2D eigenvalue weighted by Crippen LogP contribution is 2.38. The van der Waals surface area contributed by atoms with Crippen LogP contribution in [0.25, 0.3) is 0 Å². The summed E-state index contributed by atoms with van der Waals surface area (Å²) in [5.74, 6) is -0.448. The quantitative estimate of drug-likeness (QED) is 0.467. The van der Waals surface area contributed by atoms with Gasteiger partial charge in [0.15, 0.2) is 11.5 Å². The van der Waals surface area contributed by atoms with Gasteiger partial charge in [0, 0.05) is 11.3 Å². The molecule has 2 aromatic carbocycles. The molecule has 2 rings (SSSR count). The van der Waals surface area contributed by atoms with E-state index < -0.39 is 11.8 Å². The number of anilines is 1. The molecule has 0 saturated heterocycles. The van der Waals surface area contributed by atoms with Crippen LogP contribution in [0.1, 0.15) is 5.56 Å². The monoisotopic (exact) mass is 357 g/mol. The molecular weight excluding hydrogens is 338 g/mol. The zero-order chi connectivity index (χ0) is 18.9. The summed E-state index contributed by atoms with van der Waals surface area (Å²) in [7, 11) is 4.47. The first-order chi connectivity index (χ1) is 12.6. The molecule has 2 amide bonds. The molecule has 0 aliphatic carbocycles. The van der Waals surface area contributed by atoms with Crippen LogP contribution in [-0.2, 0) is 9.59 Å². The van der Waals surface area contributed by atoms with Gasteiger partial charge in [0.05, 0.1) is 27.5 Å². The molecule has 0 bridgehead atoms. The molecule has 2 N–H and O–H groups in total. The summed E-state index contributed by atoms with van der Waals surface area (Å²) in [5.41, 5.74) is 3.21. The number of nitrogens with zero attached hydrogens (tertiary/aromatic N) is 1. The molecule has 0 aromatic heterocycles. The molecule has 2 aromatic rings. The second kappa shape index (κ2) is 9.07. The maximum Gasteiger partial charge on any atom is 0.329 e. The van der Waals surface area contributed by atoms with E-state index in [1.54, 1.807) is 42.5 Å². The minimum absolute atomic E-state index is 0.388. The largest absolute Gasteiger partial charge is 0.493 e. The van der Waals surface area contributed by atoms with Crippen molar-refractivity contribution >= 4 is 23.7 Å². The van der Waals surface area contributed by atoms with E-state index in [1.165, 1.54) is 27.5 Å². The molecule has 8 heteroatoms. The van der Waals surface area contributed by atoms with E-state index >= 15 is 0 Å². The van der Waals surface area contributed by atoms with E-state index in [0.29, 0.717) is 28.5 Å². The van der Waals surface area contributed by atoms with Crippen LogP contribution in [-0.4, -0.2) is 39.4 Å². The fourth-order valence-corrected chi connectivity index (χ4v) is 2.15. The lowest BCUT2D eigenvalue weighted by atomic mass is 10.2. The average molecular weight is 357 g/mol. The standard InChI is InChI=1S/C18H19N3O5/c1-24-14-10-9-12(15(25-2)16(14)26-3)11-19-21-18(23)17(22)20-13-7-5-4-6-8-13/h4-11H,1-3H3,(H,20,22)(H,21,23)/b19-11+. The van der Waals surface area contributed by atoms with Crippen molar-refractivity contribution in [2.24, 2.45) is 5.10 Å². The third kappa shape index (κ3) is 4.50. The van der Waals surface area contributed by atoms with E-state index in [2.05, 4.69) is 15.8 Å². The number of nitrogens with one attached hydrogen (secondary N) is 2. The molecule has 0 saturated carbocycles. The lowest BCUT2D eigenvalue weighted by Gasteiger charge is -2.13. The highest BCUT2D eigenvalue weighted by Gasteiger charge is 2.15. The number of amides is 2. The maximum absolute atomic E-state index is 11.8. The zero-order valence-electron chi connectivity index (χ0n) is 14.6. The molecule has 0 aliphatic rings. The molecule has 0 unspecified atom stereocenters. The molecule has 8 nitrogen and oxygen atoms in total. The molecular formula is C18H19N3O5. The van der Waals surface area contributed by atoms with Gasteiger partial charge in [0.1, 0.15) is 0 Å². The van der Waals surface area contributed by atoms with E-state index in [-0.39, 0.29) is 0 Å². The van der Waals surface area contributed by atoms with Gasteiger partial charge in [0.25, 0.3) is 0 Å². The molecule has 26 heavy (non-hydrogen) atoms. The summed E-state index contributed by atoms with van der Waals surface area (Å²) in [6.07, 6.45) is 1.34. The Balaban J connectivity index is 2.05. The molecule has 0 spiro atoms. The lowest BCUT2D eigenvalue weighted by molar-refractivity contribution is -0.136. The number of hydrazone groups is 1. The van der Waals surface area contributed by atoms with Gasteiger partial charge in [-0.2, -0.15) is 5.10 Å². The van der Waals surface area contributed by atoms with Gasteiger partial charge in [-0.25, -0.2) is 5.43 Å². The Morgan fingerprint density at radius 1 is 0.885 bits per heavy atom. The highest BCUT2D eigenvalue weighted by molar-refractivity contribution is 6.39. The van der Waals surface area contributed by atoms with Crippen LogP contribution in [0.3, 0.4) is 0 Å². The highest BCUT2D eigenvalue weighted by atomic mass is 16.5. The molecule has 0 radical (unpaired) electrons. The number of rotatable bonds is 6. The Labute approximate surface area is 150 Å². The first kappa shape index (κ1) is 18.8. The van der Waals surface area contributed by atoms with Crippen molar-refractivity contribution < 1.29 is 23.8 Å². The maximum atomic E-state index is 11.8. The molecule has 0 aliphatic heterocycles. The van der Waals surface area contributed by atoms with Gasteiger partial charge in [-0.15, -0.1) is 0 Å². The van der Waals surface area contributed by atoms with Crippen molar-refractivity contribution in [1.29, 1.82) is 0 Å². The molecule has 0 atom stereocenters. The third-order valence-electron chi connectivity index (χ3n) is 3.34. The van der Waals surface area contributed by atoms with Gasteiger partial charge in [-0.05, 0) is 24.3 Å². The first-order valence-electron chi connectivity index (χ1n) is 7.59. The SMILES string of the molecule is COc1ccc(/C=N/NC(=O)C(=O)Nc2ccccc2)c(OC)c1OC. The predicted molar refractivity (Wildman–Crippen MR) is 96.9 cm³/mol. The number of hydrogen-bond acceptors (Lipinski definition) is 6. The number of ether oxygens (including phenoxy) is 3. The summed E-state index contributed by atoms with van der Waals surface area (Å²) >= 11 is 0. The summed E-state index contributed by atoms with van der Waals surface area (Å²) in [6.45, 7) is 0. The fraction of sp³-hybridized carbons (Fsp3) is 0.167. The van der Waals surface area contributed by atoms with Crippen molar-refractivity contribution in [1.82, 2.24) is 5.43 Å². The van der Waals surface area contributed by atoms with Crippen LogP contribution < -0.4 is 25.0 Å². The minimum atomic E-state index is -0.899. The van der Waals surface area contributed by atoms with Crippen molar-refractivity contribution in [2.45, 2.75) is 0 Å². The van der Waals surface area contributed by atoms with Gasteiger partial charge in [0.2, 0.25) is 5.75 Å². The lowest BCUT2D eigenvalue weighted by Crippen LogP contribution is -2.32. The summed E-state index contributed by atoms with van der Waals surface area (Å²) in [4.78, 5) is 23.6. The van der Waals surface area contributed by atoms with Gasteiger partial charge in [-0.1, -0.05) is 18.2 Å². The van der Waals surface area contributed by atoms with E-state index in [1.807, 2.05) is 0 Å². The summed E-state index contributed by atoms with van der Waals surface area (Å²) in [6, 6.07) is 12.0. The van der Waals surface area contributed by atoms with Gasteiger partial charge in [-0.3, -0.25) is 9.59 Å². The van der Waals surface area contributed by atoms with Gasteiger partial charge >= 0.3 is 11.8 Å². The normalized spacial score (nSPS) is 10.3. The van der Waals surface area contributed by atoms with Crippen molar-refractivity contribution in [2.75, 3.05) is 26.6 Å². The Hall–Kier alpha value is -3.55. The van der Waals surface area contributed by atoms with Crippen LogP contribution in [0, 0.1) is 0 Å². The summed E-state index contributed by atoms with van der Waals surface area (Å²) < 4.78 is 15.8. The van der Waals surface area contributed by atoms with Crippen LogP contribution in [0.15, 0.2) is 47.6 Å². The average Bonchev–Trinajstić information content (AvgIpc) is 2.67. The smallest absolute Gasteiger partial charge is 0.329 e. The van der Waals surface area contributed by atoms with E-state index in [9.17, 15) is 9.59 Å². The fourth-order valence-electron chi connectivity index (χ4n) is 2.15. The number of methoxy groups -OCH3 is 3. The molecule has 136 valence electrons. The number of hydrogen-bond donors (Lipinski definition) is 2. The van der Waals surface area contributed by atoms with Crippen LogP contribution >= 0.6 is 0 Å². The number of benzene rings is 2. The predicted octanol–water partition coefficient (Wildman–Crippen LogP) is 1.80. The third-order valence-corrected chi connectivity index (χ3v) is 3.34. The van der Waals surface area contributed by atoms with Gasteiger partial charge < -0.3 is 19.5 Å². The zero-order valence-corrected chi connectivity index (χ0v) is 14.6. The Bertz CT molecular complexity index is 806. The number of para-hydroxylation sites is 1. The topological polar surface area (TPSA) is 98.2 Å². The van der Waals surface area contributed by atoms with Crippen molar-refractivity contribution in [3.05, 3.63) is 48.0 Å². The second-order valence-corrected chi connectivity index (χ2v) is 4.94. The Kier molecular flexibility index (Phi) is 6.55. The Morgan fingerprint density at radius 2 is 1.58 bits per heavy atom. The number of carbonyl (C=O) groups is 2. The molecule has 0 fully saturated rings. The van der Waals surface area contributed by atoms with E-state index in [4.69, 9.17) is 14.2 Å². The van der Waals surface area contributed by atoms with Crippen LogP contribution in [0.4, 0.5) is 5.69 Å². The number of carbonyl (C=O) groups excluding carboxylic acids is 2. The van der Waals surface area contributed by atoms with Crippen LogP contribution in [0.2, 0.25) is 0 Å². The van der Waals surface area contributed by atoms with Crippen LogP contribution in [0.5, 0.6) is 17.2 Å². The van der Waals surface area contributed by atoms with Crippen molar-refractivity contribution in [3.8, 4) is 17.2 Å². The molecule has 0 heterocycles. The van der Waals surface area contributed by atoms with Crippen molar-refractivity contribution in [3.63, 3.8) is 0 Å². The first-order valence-corrected chi connectivity index (χ1v) is 7.59. The second-order valence-electron chi connectivity index (χ2n) is 4.94. The minimum Gasteiger partial charge on any atom is -0.493 e.